The van der Waals surface area contributed by atoms with Crippen molar-refractivity contribution >= 4 is 22.7 Å². The Bertz CT molecular complexity index is 566. The average molecular weight is 230 g/mol. The Morgan fingerprint density at radius 2 is 2.12 bits per heavy atom. The minimum absolute atomic E-state index is 0.585. The van der Waals surface area contributed by atoms with Gasteiger partial charge in [0.15, 0.2) is 0 Å². The number of aromatic nitrogens is 1. The van der Waals surface area contributed by atoms with E-state index >= 15 is 0 Å². The van der Waals surface area contributed by atoms with Crippen LogP contribution in [0.1, 0.15) is 12.5 Å². The van der Waals surface area contributed by atoms with Crippen LogP contribution in [0.2, 0.25) is 0 Å². The van der Waals surface area contributed by atoms with Gasteiger partial charge in [-0.15, -0.1) is 0 Å². The maximum Gasteiger partial charge on any atom is 0.325 e. The molecule has 0 radical (unpaired) electrons. The van der Waals surface area contributed by atoms with Crippen molar-refractivity contribution in [3.05, 3.63) is 35.9 Å². The number of nitrogens with one attached hydrogen (secondary N) is 1. The topological polar surface area (TPSA) is 62.2 Å². The molecule has 2 N–H and O–H groups in total. The van der Waals surface area contributed by atoms with Crippen LogP contribution in [-0.2, 0) is 4.79 Å². The molecule has 0 spiro atoms. The highest BCUT2D eigenvalue weighted by molar-refractivity contribution is 5.84. The summed E-state index contributed by atoms with van der Waals surface area (Å²) < 4.78 is 0. The molecule has 0 saturated carbocycles. The molecule has 0 aliphatic heterocycles. The van der Waals surface area contributed by atoms with E-state index in [9.17, 15) is 4.79 Å². The van der Waals surface area contributed by atoms with Crippen LogP contribution >= 0.6 is 0 Å². The maximum absolute atomic E-state index is 10.7. The van der Waals surface area contributed by atoms with Gasteiger partial charge in [-0.1, -0.05) is 18.2 Å². The van der Waals surface area contributed by atoms with Crippen molar-refractivity contribution < 1.29 is 9.90 Å². The standard InChI is InChI=1S/C13H14N2O2/c1-8-4-3-5-10-6-7-11(15-12(8)10)14-9(2)13(16)17/h3-7,9H,1-2H3,(H,14,15)(H,16,17). The van der Waals surface area contributed by atoms with Crippen molar-refractivity contribution in [2.45, 2.75) is 19.9 Å². The van der Waals surface area contributed by atoms with Crippen molar-refractivity contribution in [2.75, 3.05) is 5.32 Å². The van der Waals surface area contributed by atoms with Crippen LogP contribution in [-0.4, -0.2) is 22.1 Å². The number of para-hydroxylation sites is 1. The van der Waals surface area contributed by atoms with Crippen LogP contribution in [0.5, 0.6) is 0 Å². The summed E-state index contributed by atoms with van der Waals surface area (Å²) in [6, 6.07) is 9.03. The predicted octanol–water partition coefficient (Wildman–Crippen LogP) is 2.43. The van der Waals surface area contributed by atoms with Crippen molar-refractivity contribution in [2.24, 2.45) is 0 Å². The van der Waals surface area contributed by atoms with Gasteiger partial charge >= 0.3 is 5.97 Å². The summed E-state index contributed by atoms with van der Waals surface area (Å²) in [7, 11) is 0. The summed E-state index contributed by atoms with van der Waals surface area (Å²) in [6.07, 6.45) is 0. The first-order valence-corrected chi connectivity index (χ1v) is 5.43. The third-order valence-electron chi connectivity index (χ3n) is 2.66. The number of carboxylic acid groups (broad SMARTS) is 1. The number of benzene rings is 1. The van der Waals surface area contributed by atoms with Crippen LogP contribution in [0.3, 0.4) is 0 Å². The Hall–Kier alpha value is -2.10. The van der Waals surface area contributed by atoms with Crippen LogP contribution in [0.4, 0.5) is 5.82 Å². The number of anilines is 1. The Kier molecular flexibility index (Phi) is 2.95. The average Bonchev–Trinajstić information content (AvgIpc) is 2.30. The minimum atomic E-state index is -0.892. The lowest BCUT2D eigenvalue weighted by Gasteiger charge is -2.11. The van der Waals surface area contributed by atoms with Crippen LogP contribution < -0.4 is 5.32 Å². The van der Waals surface area contributed by atoms with E-state index in [0.717, 1.165) is 16.5 Å². The summed E-state index contributed by atoms with van der Waals surface area (Å²) in [5, 5.41) is 12.7. The Balaban J connectivity index is 2.37. The summed E-state index contributed by atoms with van der Waals surface area (Å²) in [6.45, 7) is 3.58. The van der Waals surface area contributed by atoms with Gasteiger partial charge in [0.05, 0.1) is 5.52 Å². The molecular formula is C13H14N2O2. The van der Waals surface area contributed by atoms with Crippen molar-refractivity contribution in [1.29, 1.82) is 0 Å². The fourth-order valence-corrected chi connectivity index (χ4v) is 1.66. The quantitative estimate of drug-likeness (QED) is 0.850. The molecule has 88 valence electrons. The number of carbonyl (C=O) groups is 1. The molecule has 0 bridgehead atoms. The molecule has 0 saturated heterocycles. The molecule has 1 atom stereocenters. The fourth-order valence-electron chi connectivity index (χ4n) is 1.66. The van der Waals surface area contributed by atoms with Crippen LogP contribution in [0.25, 0.3) is 10.9 Å². The molecule has 0 aliphatic rings. The fraction of sp³-hybridized carbons (Fsp3) is 0.231. The molecule has 0 aliphatic carbocycles. The molecule has 1 heterocycles. The number of fused-ring (bicyclic) bond motifs is 1. The second-order valence-corrected chi connectivity index (χ2v) is 4.05. The SMILES string of the molecule is Cc1cccc2ccc(NC(C)C(=O)O)nc12. The van der Waals surface area contributed by atoms with Crippen LogP contribution in [0, 0.1) is 6.92 Å². The molecular weight excluding hydrogens is 216 g/mol. The van der Waals surface area contributed by atoms with Crippen LogP contribution in [0.15, 0.2) is 30.3 Å². The predicted molar refractivity (Wildman–Crippen MR) is 67.2 cm³/mol. The molecule has 2 aromatic rings. The van der Waals surface area contributed by atoms with E-state index in [1.165, 1.54) is 0 Å². The first kappa shape index (κ1) is 11.4. The lowest BCUT2D eigenvalue weighted by molar-refractivity contribution is -0.137. The number of aliphatic carboxylic acids is 1. The van der Waals surface area contributed by atoms with E-state index in [2.05, 4.69) is 10.3 Å². The number of pyridine rings is 1. The molecule has 4 nitrogen and oxygen atoms in total. The molecule has 0 fully saturated rings. The smallest absolute Gasteiger partial charge is 0.325 e. The molecule has 0 amide bonds. The van der Waals surface area contributed by atoms with Crippen molar-refractivity contribution in [3.63, 3.8) is 0 Å². The summed E-state index contributed by atoms with van der Waals surface area (Å²) in [5.41, 5.74) is 1.98. The lowest BCUT2D eigenvalue weighted by Crippen LogP contribution is -2.25. The first-order valence-electron chi connectivity index (χ1n) is 5.43. The van der Waals surface area contributed by atoms with Crippen molar-refractivity contribution in [1.82, 2.24) is 4.98 Å². The maximum atomic E-state index is 10.7. The normalized spacial score (nSPS) is 12.4. The number of hydrogen-bond donors (Lipinski definition) is 2. The minimum Gasteiger partial charge on any atom is -0.480 e. The largest absolute Gasteiger partial charge is 0.480 e. The zero-order valence-electron chi connectivity index (χ0n) is 9.77. The summed E-state index contributed by atoms with van der Waals surface area (Å²) in [4.78, 5) is 15.2. The van der Waals surface area contributed by atoms with E-state index < -0.39 is 12.0 Å². The molecule has 1 aromatic carbocycles. The lowest BCUT2D eigenvalue weighted by atomic mass is 10.1. The van der Waals surface area contributed by atoms with Gasteiger partial charge in [0, 0.05) is 5.39 Å². The zero-order valence-corrected chi connectivity index (χ0v) is 9.77. The molecule has 1 unspecified atom stereocenters. The second-order valence-electron chi connectivity index (χ2n) is 4.05. The van der Waals surface area contributed by atoms with Gasteiger partial charge in [0.1, 0.15) is 11.9 Å². The number of nitrogens with zero attached hydrogens (tertiary/aromatic N) is 1. The Labute approximate surface area is 99.3 Å². The highest BCUT2D eigenvalue weighted by Gasteiger charge is 2.11. The van der Waals surface area contributed by atoms with E-state index in [0.29, 0.717) is 5.82 Å². The number of aryl methyl sites for hydroxylation is 1. The molecule has 4 heteroatoms. The van der Waals surface area contributed by atoms with Gasteiger partial charge in [-0.3, -0.25) is 4.79 Å². The van der Waals surface area contributed by atoms with Gasteiger partial charge in [-0.2, -0.15) is 0 Å². The van der Waals surface area contributed by atoms with Gasteiger partial charge in [-0.05, 0) is 31.5 Å². The number of carboxylic acids is 1. The highest BCUT2D eigenvalue weighted by Crippen LogP contribution is 2.18. The third-order valence-corrected chi connectivity index (χ3v) is 2.66. The molecule has 2 rings (SSSR count). The first-order chi connectivity index (χ1) is 8.08. The van der Waals surface area contributed by atoms with Gasteiger partial charge in [-0.25, -0.2) is 4.98 Å². The molecule has 17 heavy (non-hydrogen) atoms. The van der Waals surface area contributed by atoms with Gasteiger partial charge in [0.25, 0.3) is 0 Å². The van der Waals surface area contributed by atoms with Gasteiger partial charge in [0.2, 0.25) is 0 Å². The zero-order chi connectivity index (χ0) is 12.4. The highest BCUT2D eigenvalue weighted by atomic mass is 16.4. The van der Waals surface area contributed by atoms with E-state index in [1.54, 1.807) is 13.0 Å². The Morgan fingerprint density at radius 1 is 1.35 bits per heavy atom. The van der Waals surface area contributed by atoms with E-state index in [-0.39, 0.29) is 0 Å². The third kappa shape index (κ3) is 2.36. The summed E-state index contributed by atoms with van der Waals surface area (Å²) in [5.74, 6) is -0.307. The number of hydrogen-bond acceptors (Lipinski definition) is 3. The monoisotopic (exact) mass is 230 g/mol. The number of rotatable bonds is 3. The van der Waals surface area contributed by atoms with Gasteiger partial charge < -0.3 is 10.4 Å². The molecule has 1 aromatic heterocycles. The van der Waals surface area contributed by atoms with E-state index in [1.807, 2.05) is 31.2 Å². The summed E-state index contributed by atoms with van der Waals surface area (Å²) >= 11 is 0. The second kappa shape index (κ2) is 4.41. The van der Waals surface area contributed by atoms with Crippen molar-refractivity contribution in [3.8, 4) is 0 Å². The van der Waals surface area contributed by atoms with E-state index in [4.69, 9.17) is 5.11 Å². The Morgan fingerprint density at radius 3 is 2.82 bits per heavy atom.